The first-order valence-electron chi connectivity index (χ1n) is 21.5. The summed E-state index contributed by atoms with van der Waals surface area (Å²) in [4.78, 5) is 152. The summed E-state index contributed by atoms with van der Waals surface area (Å²) in [6.07, 6.45) is -1.29. The summed E-state index contributed by atoms with van der Waals surface area (Å²) >= 11 is 0. The van der Waals surface area contributed by atoms with Gasteiger partial charge in [-0.25, -0.2) is 15.2 Å². The number of rotatable bonds is 23. The van der Waals surface area contributed by atoms with Gasteiger partial charge in [0.2, 0.25) is 35.4 Å². The maximum absolute atomic E-state index is 14.1. The Labute approximate surface area is 416 Å². The van der Waals surface area contributed by atoms with Crippen molar-refractivity contribution in [1.82, 2.24) is 47.1 Å². The molecule has 0 aromatic heterocycles. The molecule has 0 bridgehead atoms. The topological polar surface area (TPSA) is 449 Å². The number of aliphatic carboxylic acids is 3. The van der Waals surface area contributed by atoms with Crippen molar-refractivity contribution < 1.29 is 116 Å². The summed E-state index contributed by atoms with van der Waals surface area (Å²) in [6, 6.07) is -8.76. The number of carbonyl (C=O) groups excluding carboxylic acids is 9. The molecule has 0 spiro atoms. The van der Waals surface area contributed by atoms with Crippen molar-refractivity contribution in [2.24, 2.45) is 0 Å². The van der Waals surface area contributed by atoms with E-state index < -0.39 is 179 Å². The zero-order valence-electron chi connectivity index (χ0n) is 38.9. The van der Waals surface area contributed by atoms with Gasteiger partial charge in [0.25, 0.3) is 17.7 Å². The minimum atomic E-state index is -1.86. The molecule has 0 aliphatic carbocycles. The van der Waals surface area contributed by atoms with Gasteiger partial charge < -0.3 is 57.4 Å². The smallest absolute Gasteiger partial charge is 0.307 e. The predicted molar refractivity (Wildman–Crippen MR) is 233 cm³/mol. The number of hydrogen-bond acceptors (Lipinski definition) is 17. The van der Waals surface area contributed by atoms with Crippen molar-refractivity contribution in [1.29, 1.82) is 0 Å². The number of hydrogen-bond donors (Lipinski definition) is 14. The maximum Gasteiger partial charge on any atom is 0.307 e. The minimum absolute atomic E-state index is 0. The van der Waals surface area contributed by atoms with Gasteiger partial charge in [-0.05, 0) is 59.3 Å². The summed E-state index contributed by atoms with van der Waals surface area (Å²) in [7, 11) is 0. The molecule has 5 atom stereocenters. The molecule has 1 aliphatic rings. The van der Waals surface area contributed by atoms with Crippen molar-refractivity contribution in [2.75, 3.05) is 39.4 Å². The molecular formula is C41H61FeN9O20. The van der Waals surface area contributed by atoms with Crippen LogP contribution in [0.25, 0.3) is 0 Å². The van der Waals surface area contributed by atoms with Crippen LogP contribution < -0.4 is 31.9 Å². The Hall–Kier alpha value is -6.82. The van der Waals surface area contributed by atoms with E-state index in [1.807, 2.05) is 0 Å². The van der Waals surface area contributed by atoms with Crippen LogP contribution in [0, 0.1) is 0 Å². The van der Waals surface area contributed by atoms with E-state index in [9.17, 15) is 83.4 Å². The van der Waals surface area contributed by atoms with Crippen molar-refractivity contribution in [3.63, 3.8) is 0 Å². The Morgan fingerprint density at radius 3 is 1.04 bits per heavy atom. The van der Waals surface area contributed by atoms with Crippen LogP contribution in [0.2, 0.25) is 0 Å². The molecule has 1 saturated heterocycles. The maximum atomic E-state index is 14.1. The van der Waals surface area contributed by atoms with E-state index in [2.05, 4.69) is 31.9 Å². The van der Waals surface area contributed by atoms with Gasteiger partial charge in [0.05, 0.1) is 39.0 Å². The van der Waals surface area contributed by atoms with Gasteiger partial charge in [0, 0.05) is 54.9 Å². The Morgan fingerprint density at radius 1 is 0.479 bits per heavy atom. The van der Waals surface area contributed by atoms with E-state index in [0.29, 0.717) is 0 Å². The largest absolute Gasteiger partial charge is 0.481 e. The second kappa shape index (κ2) is 32.9. The Balaban J connectivity index is 0.0000490. The fraction of sp³-hybridized carbons (Fsp3) is 0.561. The second-order valence-corrected chi connectivity index (χ2v) is 15.9. The molecule has 14 N–H and O–H groups in total. The number of aliphatic hydroxyl groups excluding tert-OH is 2. The molecule has 5 unspecified atom stereocenters. The van der Waals surface area contributed by atoms with Gasteiger partial charge in [-0.1, -0.05) is 16.7 Å². The van der Waals surface area contributed by atoms with Crippen LogP contribution in [0.3, 0.4) is 0 Å². The number of hydroxylamine groups is 6. The van der Waals surface area contributed by atoms with Gasteiger partial charge in [-0.15, -0.1) is 0 Å². The molecule has 1 rings (SSSR count). The van der Waals surface area contributed by atoms with E-state index in [4.69, 9.17) is 15.3 Å². The summed E-state index contributed by atoms with van der Waals surface area (Å²) < 4.78 is 0. The van der Waals surface area contributed by atoms with Gasteiger partial charge in [0.1, 0.15) is 30.2 Å². The molecule has 0 aromatic carbocycles. The molecule has 1 aliphatic heterocycles. The van der Waals surface area contributed by atoms with Crippen LogP contribution in [-0.2, 0) is 74.6 Å². The fourth-order valence-electron chi connectivity index (χ4n) is 6.21. The Morgan fingerprint density at radius 2 is 0.746 bits per heavy atom. The van der Waals surface area contributed by atoms with Crippen molar-refractivity contribution in [3.8, 4) is 0 Å². The van der Waals surface area contributed by atoms with Crippen LogP contribution >= 0.6 is 0 Å². The van der Waals surface area contributed by atoms with Crippen molar-refractivity contribution in [3.05, 3.63) is 34.9 Å². The van der Waals surface area contributed by atoms with E-state index >= 15 is 0 Å². The third kappa shape index (κ3) is 25.6. The first-order valence-corrected chi connectivity index (χ1v) is 21.5. The molecule has 1 heterocycles. The normalized spacial score (nSPS) is 19.9. The molecule has 0 saturated carbocycles. The van der Waals surface area contributed by atoms with Crippen molar-refractivity contribution >= 4 is 71.1 Å². The standard InChI is InChI=1S/C41H61N9O20.Fe/c1-22(16-34(57)58)13-31(54)48(68)10-4-7-25-38(64)44-26(8-5-11-49(69)32(55)14-23(2)17-35(59)60)39(65)45-27(9-6-12-50(70)33(56)15-24(3)18-36(61)62)40(66)47-29(21-52)41(67)46-28(20-51)37(63)42-19-30(53)43-25;/h13-15,25-29,51-52,68-70H,4-12,16-21H2,1-3H3,(H,42,63)(H,43,53)(H,44,64)(H,45,65)(H,46,67)(H,47,66)(H,57,58)(H,59,60)(H,61,62);/b22-13+,23-14+,24-15-;. The second-order valence-electron chi connectivity index (χ2n) is 15.9. The number of amides is 9. The first kappa shape index (κ1) is 64.2. The molecule has 30 heteroatoms. The summed E-state index contributed by atoms with van der Waals surface area (Å²) in [5.41, 5.74) is 0.211. The van der Waals surface area contributed by atoms with Crippen molar-refractivity contribution in [2.45, 2.75) is 109 Å². The Kier molecular flexibility index (Phi) is 29.7. The van der Waals surface area contributed by atoms with Crippen LogP contribution in [0.1, 0.15) is 78.6 Å². The molecule has 0 aromatic rings. The van der Waals surface area contributed by atoms with Crippen LogP contribution in [0.15, 0.2) is 34.9 Å². The predicted octanol–water partition coefficient (Wildman–Crippen LogP) is -4.22. The zero-order chi connectivity index (χ0) is 53.2. The van der Waals surface area contributed by atoms with Crippen LogP contribution in [0.5, 0.6) is 0 Å². The molecular weight excluding hydrogens is 994 g/mol. The molecule has 398 valence electrons. The summed E-state index contributed by atoms with van der Waals surface area (Å²) in [6.45, 7) is -0.721. The third-order valence-electron chi connectivity index (χ3n) is 9.72. The third-order valence-corrected chi connectivity index (χ3v) is 9.72. The number of aliphatic hydroxyl groups is 2. The van der Waals surface area contributed by atoms with Gasteiger partial charge in [-0.2, -0.15) is 0 Å². The van der Waals surface area contributed by atoms with Gasteiger partial charge >= 0.3 is 17.9 Å². The number of carboxylic acids is 3. The van der Waals surface area contributed by atoms with E-state index in [1.54, 1.807) is 0 Å². The molecule has 71 heavy (non-hydrogen) atoms. The summed E-state index contributed by atoms with van der Waals surface area (Å²) in [5.74, 6) is -13.8. The molecule has 0 radical (unpaired) electrons. The Bertz CT molecular complexity index is 2050. The van der Waals surface area contributed by atoms with E-state index in [1.165, 1.54) is 20.8 Å². The SMILES string of the molecule is C/C(=C/C(=O)N(O)CCCC1NC(=O)C(CCCN(O)C(=O)/C=C(\C)CC(=O)O)NC(=O)C(CCCN(O)C(=O)/C=C(\C)CC(=O)O)NC(=O)CNC(=O)C(CO)NC(=O)C(CO)NC1=O)CC(=O)O.[Fe]. The molecule has 29 nitrogen and oxygen atoms in total. The van der Waals surface area contributed by atoms with Gasteiger partial charge in [-0.3, -0.25) is 73.2 Å². The van der Waals surface area contributed by atoms with Crippen LogP contribution in [0.4, 0.5) is 0 Å². The van der Waals surface area contributed by atoms with E-state index in [0.717, 1.165) is 18.2 Å². The minimum Gasteiger partial charge on any atom is -0.481 e. The average Bonchev–Trinajstić information content (AvgIpc) is 3.26. The number of nitrogens with zero attached hydrogens (tertiary/aromatic N) is 3. The van der Waals surface area contributed by atoms with Crippen LogP contribution in [-0.4, -0.2) is 197 Å². The van der Waals surface area contributed by atoms with Gasteiger partial charge in [0.15, 0.2) is 0 Å². The summed E-state index contributed by atoms with van der Waals surface area (Å²) in [5, 5.41) is 91.9. The average molecular weight is 1060 g/mol. The van der Waals surface area contributed by atoms with E-state index in [-0.39, 0.29) is 68.2 Å². The first-order chi connectivity index (χ1) is 32.8. The number of carboxylic acid groups (broad SMARTS) is 3. The quantitative estimate of drug-likeness (QED) is 0.0200. The number of nitrogens with one attached hydrogen (secondary N) is 6. The number of carbonyl (C=O) groups is 12. The monoisotopic (exact) mass is 1060 g/mol. The molecule has 9 amide bonds. The zero-order valence-corrected chi connectivity index (χ0v) is 40.0. The fourth-order valence-corrected chi connectivity index (χ4v) is 6.21. The molecule has 1 fully saturated rings.